The quantitative estimate of drug-likeness (QED) is 0.268. The van der Waals surface area contributed by atoms with E-state index in [1.54, 1.807) is 54.2 Å². The number of thioether (sulfide) groups is 1. The first kappa shape index (κ1) is 31.2. The maximum Gasteiger partial charge on any atom is 0.303 e. The van der Waals surface area contributed by atoms with Crippen molar-refractivity contribution in [3.05, 3.63) is 74.9 Å². The van der Waals surface area contributed by atoms with Crippen molar-refractivity contribution in [2.45, 2.75) is 37.9 Å². The lowest BCUT2D eigenvalue weighted by molar-refractivity contribution is -0.265. The minimum Gasteiger partial charge on any atom is -0.481 e. The molecule has 2 aliphatic heterocycles. The van der Waals surface area contributed by atoms with E-state index in [-0.39, 0.29) is 29.7 Å². The number of anilines is 1. The number of carboxylic acids is 1. The number of aliphatic carboxylic acids is 1. The number of hydrogen-bond donors (Lipinski definition) is 2. The zero-order chi connectivity index (χ0) is 30.9. The second-order valence-corrected chi connectivity index (χ2v) is 12.4. The van der Waals surface area contributed by atoms with E-state index < -0.39 is 11.8 Å². The summed E-state index contributed by atoms with van der Waals surface area (Å²) in [6, 6.07) is 10.8. The number of halogens is 2. The molecular weight excluding hydrogens is 613 g/mol. The Kier molecular flexibility index (Phi) is 9.29. The van der Waals surface area contributed by atoms with Gasteiger partial charge in [0.25, 0.3) is 5.91 Å². The molecule has 3 aromatic rings. The molecule has 10 nitrogen and oxygen atoms in total. The number of hydrogen-bond acceptors (Lipinski definition) is 7. The Labute approximate surface area is 264 Å². The molecule has 3 heterocycles. The minimum atomic E-state index is -0.882. The highest BCUT2D eigenvalue weighted by Crippen LogP contribution is 2.43. The van der Waals surface area contributed by atoms with Gasteiger partial charge in [0.05, 0.1) is 35.7 Å². The first-order valence-corrected chi connectivity index (χ1v) is 15.5. The Hall–Kier alpha value is -3.22. The van der Waals surface area contributed by atoms with E-state index in [9.17, 15) is 14.4 Å². The molecule has 2 amide bonds. The minimum absolute atomic E-state index is 0.00796. The fraction of sp³-hybridized carbons (Fsp3) is 0.367. The molecule has 228 valence electrons. The molecule has 5 rings (SSSR count). The number of carboxylic acid groups (broad SMARTS) is 1. The second-order valence-electron chi connectivity index (χ2n) is 10.6. The molecule has 1 fully saturated rings. The largest absolute Gasteiger partial charge is 0.481 e. The standard InChI is InChI=1S/C30H33Cl2N5O5S/c1-34-17-22(21-7-4-5-8-26(21)34)29(41)33-25-15-23(31)19(13-24(25)32)14-27(38)37-12-6-11-30(37,35(2)42-3)36-16-20(43-18-36)9-10-28(39)40/h4-5,7-8,13,15-17H,6,9-12,14,18H2,1-3H3,(H,33,41)(H,39,40)/t30-/m1/s1. The molecule has 43 heavy (non-hydrogen) atoms. The van der Waals surface area contributed by atoms with Crippen LogP contribution in [0.3, 0.4) is 0 Å². The Morgan fingerprint density at radius 1 is 1.19 bits per heavy atom. The van der Waals surface area contributed by atoms with Crippen LogP contribution in [-0.4, -0.2) is 74.7 Å². The summed E-state index contributed by atoms with van der Waals surface area (Å²) in [4.78, 5) is 48.6. The number of carbonyl (C=O) groups is 3. The summed E-state index contributed by atoms with van der Waals surface area (Å²) in [7, 11) is 5.23. The van der Waals surface area contributed by atoms with Crippen LogP contribution in [0.4, 0.5) is 5.69 Å². The van der Waals surface area contributed by atoms with E-state index in [1.165, 1.54) is 0 Å². The topological polar surface area (TPSA) is 107 Å². The number of amides is 2. The van der Waals surface area contributed by atoms with Crippen molar-refractivity contribution in [1.82, 2.24) is 19.4 Å². The van der Waals surface area contributed by atoms with Gasteiger partial charge >= 0.3 is 5.97 Å². The summed E-state index contributed by atoms with van der Waals surface area (Å²) in [5, 5.41) is 15.0. The van der Waals surface area contributed by atoms with Gasteiger partial charge in [-0.25, -0.2) is 0 Å². The number of aryl methyl sites for hydroxylation is 1. The monoisotopic (exact) mass is 645 g/mol. The third-order valence-electron chi connectivity index (χ3n) is 8.01. The zero-order valence-electron chi connectivity index (χ0n) is 24.1. The third-order valence-corrected chi connectivity index (χ3v) is 9.76. The molecule has 1 saturated heterocycles. The van der Waals surface area contributed by atoms with Crippen molar-refractivity contribution in [2.24, 2.45) is 7.05 Å². The van der Waals surface area contributed by atoms with Crippen LogP contribution in [-0.2, 0) is 27.9 Å². The van der Waals surface area contributed by atoms with Crippen LogP contribution in [0.15, 0.2) is 53.7 Å². The van der Waals surface area contributed by atoms with Crippen molar-refractivity contribution in [2.75, 3.05) is 31.9 Å². The Bertz CT molecular complexity index is 1610. The van der Waals surface area contributed by atoms with Gasteiger partial charge in [0.1, 0.15) is 0 Å². The molecule has 0 unspecified atom stereocenters. The van der Waals surface area contributed by atoms with E-state index in [2.05, 4.69) is 5.32 Å². The molecule has 2 aliphatic rings. The Balaban J connectivity index is 1.35. The van der Waals surface area contributed by atoms with Crippen LogP contribution in [0.5, 0.6) is 0 Å². The van der Waals surface area contributed by atoms with Gasteiger partial charge in [-0.05, 0) is 36.6 Å². The number of fused-ring (bicyclic) bond motifs is 1. The Morgan fingerprint density at radius 3 is 2.70 bits per heavy atom. The van der Waals surface area contributed by atoms with Gasteiger partial charge in [0.15, 0.2) is 5.79 Å². The fourth-order valence-electron chi connectivity index (χ4n) is 5.83. The van der Waals surface area contributed by atoms with Crippen molar-refractivity contribution in [1.29, 1.82) is 0 Å². The highest BCUT2D eigenvalue weighted by molar-refractivity contribution is 8.03. The van der Waals surface area contributed by atoms with Crippen LogP contribution >= 0.6 is 35.0 Å². The summed E-state index contributed by atoms with van der Waals surface area (Å²) in [6.45, 7) is 0.510. The lowest BCUT2D eigenvalue weighted by Gasteiger charge is -2.49. The second kappa shape index (κ2) is 12.8. The van der Waals surface area contributed by atoms with Gasteiger partial charge < -0.3 is 24.8 Å². The van der Waals surface area contributed by atoms with Gasteiger partial charge in [-0.1, -0.05) is 41.4 Å². The Morgan fingerprint density at radius 2 is 1.95 bits per heavy atom. The number of benzene rings is 2. The number of nitrogens with zero attached hydrogens (tertiary/aromatic N) is 4. The van der Waals surface area contributed by atoms with E-state index in [1.807, 2.05) is 47.0 Å². The predicted octanol–water partition coefficient (Wildman–Crippen LogP) is 5.76. The van der Waals surface area contributed by atoms with Gasteiger partial charge in [-0.3, -0.25) is 19.2 Å². The summed E-state index contributed by atoms with van der Waals surface area (Å²) in [5.41, 5.74) is 2.33. The number of allylic oxidation sites excluding steroid dienone is 1. The number of nitrogens with one attached hydrogen (secondary N) is 1. The average molecular weight is 647 g/mol. The SMILES string of the molecule is CON(C)[C@@]1(N2C=C(CCC(=O)O)SC2)CCCN1C(=O)Cc1cc(Cl)c(NC(=O)c2cn(C)c3ccccc23)cc1Cl. The summed E-state index contributed by atoms with van der Waals surface area (Å²) >= 11 is 14.8. The highest BCUT2D eigenvalue weighted by Gasteiger charge is 2.52. The molecule has 2 aromatic carbocycles. The maximum atomic E-state index is 13.9. The number of aromatic nitrogens is 1. The number of likely N-dealkylation sites (tertiary alicyclic amines) is 1. The van der Waals surface area contributed by atoms with Gasteiger partial charge in [0.2, 0.25) is 5.91 Å². The normalized spacial score (nSPS) is 18.5. The molecule has 0 radical (unpaired) electrons. The molecule has 0 bridgehead atoms. The highest BCUT2D eigenvalue weighted by atomic mass is 35.5. The van der Waals surface area contributed by atoms with Crippen molar-refractivity contribution >= 4 is 69.3 Å². The lowest BCUT2D eigenvalue weighted by Crippen LogP contribution is -2.65. The number of carbonyl (C=O) groups excluding carboxylic acids is 2. The summed E-state index contributed by atoms with van der Waals surface area (Å²) < 4.78 is 1.89. The van der Waals surface area contributed by atoms with Crippen LogP contribution in [0.1, 0.15) is 41.6 Å². The van der Waals surface area contributed by atoms with Crippen LogP contribution in [0.2, 0.25) is 10.0 Å². The van der Waals surface area contributed by atoms with Crippen LogP contribution < -0.4 is 5.32 Å². The van der Waals surface area contributed by atoms with E-state index >= 15 is 0 Å². The number of para-hydroxylation sites is 1. The number of rotatable bonds is 10. The van der Waals surface area contributed by atoms with Crippen LogP contribution in [0, 0.1) is 0 Å². The maximum absolute atomic E-state index is 13.9. The molecule has 0 aliphatic carbocycles. The lowest BCUT2D eigenvalue weighted by atomic mass is 10.1. The van der Waals surface area contributed by atoms with E-state index in [4.69, 9.17) is 33.1 Å². The molecule has 0 saturated carbocycles. The van der Waals surface area contributed by atoms with Crippen molar-refractivity contribution in [3.63, 3.8) is 0 Å². The predicted molar refractivity (Wildman–Crippen MR) is 169 cm³/mol. The average Bonchev–Trinajstić information content (AvgIpc) is 3.72. The third kappa shape index (κ3) is 6.09. The van der Waals surface area contributed by atoms with Gasteiger partial charge in [-0.15, -0.1) is 16.8 Å². The zero-order valence-corrected chi connectivity index (χ0v) is 26.4. The van der Waals surface area contributed by atoms with E-state index in [0.717, 1.165) is 22.2 Å². The molecule has 1 atom stereocenters. The summed E-state index contributed by atoms with van der Waals surface area (Å²) in [6.07, 6.45) is 5.56. The molecule has 1 aromatic heterocycles. The summed E-state index contributed by atoms with van der Waals surface area (Å²) in [5.74, 6) is -1.65. The van der Waals surface area contributed by atoms with Gasteiger partial charge in [-0.2, -0.15) is 0 Å². The van der Waals surface area contributed by atoms with Crippen molar-refractivity contribution in [3.8, 4) is 0 Å². The number of hydroxylamine groups is 2. The fourth-order valence-corrected chi connectivity index (χ4v) is 7.33. The molecule has 2 N–H and O–H groups in total. The first-order chi connectivity index (χ1) is 20.5. The first-order valence-electron chi connectivity index (χ1n) is 13.8. The smallest absolute Gasteiger partial charge is 0.303 e. The van der Waals surface area contributed by atoms with Gasteiger partial charge in [0, 0.05) is 66.7 Å². The van der Waals surface area contributed by atoms with E-state index in [0.29, 0.717) is 47.1 Å². The molecule has 0 spiro atoms. The van der Waals surface area contributed by atoms with Crippen LogP contribution in [0.25, 0.3) is 10.9 Å². The molecular formula is C30H33Cl2N5O5S. The van der Waals surface area contributed by atoms with Crippen molar-refractivity contribution < 1.29 is 24.3 Å². The molecule has 13 heteroatoms.